The lowest BCUT2D eigenvalue weighted by Crippen LogP contribution is -2.43. The van der Waals surface area contributed by atoms with E-state index in [-0.39, 0.29) is 77.5 Å². The van der Waals surface area contributed by atoms with Gasteiger partial charge in [-0.3, -0.25) is 4.79 Å². The summed E-state index contributed by atoms with van der Waals surface area (Å²) in [6.07, 6.45) is 2.88. The van der Waals surface area contributed by atoms with E-state index in [0.717, 1.165) is 12.8 Å². The van der Waals surface area contributed by atoms with Crippen molar-refractivity contribution in [1.29, 1.82) is 0 Å². The molecule has 8 nitrogen and oxygen atoms in total. The molecule has 2 aromatic rings. The second-order valence-electron chi connectivity index (χ2n) is 7.53. The molecule has 1 aliphatic heterocycles. The predicted molar refractivity (Wildman–Crippen MR) is 127 cm³/mol. The van der Waals surface area contributed by atoms with E-state index in [4.69, 9.17) is 5.73 Å². The molecule has 12 heteroatoms. The zero-order valence-corrected chi connectivity index (χ0v) is 19.5. The van der Waals surface area contributed by atoms with Crippen molar-refractivity contribution >= 4 is 65.5 Å². The molecule has 1 saturated carbocycles. The first kappa shape index (κ1) is 27.3. The lowest BCUT2D eigenvalue weighted by Gasteiger charge is -2.22. The van der Waals surface area contributed by atoms with E-state index in [2.05, 4.69) is 10.6 Å². The summed E-state index contributed by atoms with van der Waals surface area (Å²) < 4.78 is 17.3. The molecule has 0 unspecified atom stereocenters. The van der Waals surface area contributed by atoms with E-state index in [0.29, 0.717) is 18.8 Å². The summed E-state index contributed by atoms with van der Waals surface area (Å²) in [5.74, 6) is -1.87. The Hall–Kier alpha value is -1.78. The SMILES string of the molecule is CN[C@@H]1CN(c2cc(N)c3c(=O)c(C(=O)O)cn(C4CC4)c3c2F)C[C@H]1NC.Cl.Cl.Cl. The van der Waals surface area contributed by atoms with Gasteiger partial charge in [0.05, 0.1) is 16.6 Å². The molecule has 1 aliphatic carbocycles. The Labute approximate surface area is 197 Å². The molecule has 0 radical (unpaired) electrons. The number of pyridine rings is 1. The summed E-state index contributed by atoms with van der Waals surface area (Å²) in [6.45, 7) is 1.18. The Morgan fingerprint density at radius 3 is 2.16 bits per heavy atom. The Balaban J connectivity index is 0.00000160. The third kappa shape index (κ3) is 4.56. The quantitative estimate of drug-likeness (QED) is 0.467. The molecule has 0 bridgehead atoms. The standard InChI is InChI=1S/C19H24FN5O3.3ClH/c1-22-12-7-24(8-13(12)23-2)14-5-11(21)15-17(16(14)20)25(9-3-4-9)6-10(18(15)26)19(27)28;;;/h5-6,9,12-13,22-23H,3-4,7-8,21H2,1-2H3,(H,27,28);3*1H/t12-,13-;;;/m1.../s1. The number of hydrogen-bond donors (Lipinski definition) is 4. The number of nitrogens with two attached hydrogens (primary N) is 1. The molecule has 2 heterocycles. The molecule has 5 N–H and O–H groups in total. The Kier molecular flexibility index (Phi) is 8.99. The number of rotatable bonds is 5. The summed E-state index contributed by atoms with van der Waals surface area (Å²) >= 11 is 0. The van der Waals surface area contributed by atoms with Gasteiger partial charge in [-0.05, 0) is 33.0 Å². The molecule has 1 aromatic carbocycles. The van der Waals surface area contributed by atoms with Gasteiger partial charge in [0, 0.05) is 43.1 Å². The average molecular weight is 499 g/mol. The number of anilines is 2. The van der Waals surface area contributed by atoms with E-state index in [1.54, 1.807) is 4.57 Å². The second-order valence-corrected chi connectivity index (χ2v) is 7.53. The topological polar surface area (TPSA) is 113 Å². The van der Waals surface area contributed by atoms with Gasteiger partial charge < -0.3 is 30.9 Å². The largest absolute Gasteiger partial charge is 0.477 e. The molecule has 2 atom stereocenters. The second kappa shape index (κ2) is 10.2. The molecule has 2 aliphatic rings. The van der Waals surface area contributed by atoms with Crippen LogP contribution in [0.5, 0.6) is 0 Å². The molecule has 31 heavy (non-hydrogen) atoms. The monoisotopic (exact) mass is 497 g/mol. The lowest BCUT2D eigenvalue weighted by molar-refractivity contribution is 0.0695. The number of carbonyl (C=O) groups is 1. The molecule has 1 aromatic heterocycles. The van der Waals surface area contributed by atoms with Crippen LogP contribution in [0.3, 0.4) is 0 Å². The molecule has 0 spiro atoms. The molecular formula is C19H27Cl3FN5O3. The van der Waals surface area contributed by atoms with E-state index in [9.17, 15) is 14.7 Å². The normalized spacial score (nSPS) is 20.0. The predicted octanol–water partition coefficient (Wildman–Crippen LogP) is 2.02. The number of aromatic nitrogens is 1. The van der Waals surface area contributed by atoms with E-state index >= 15 is 4.39 Å². The molecule has 0 amide bonds. The number of hydrogen-bond acceptors (Lipinski definition) is 6. The van der Waals surface area contributed by atoms with Crippen LogP contribution in [0.1, 0.15) is 29.2 Å². The third-order valence-corrected chi connectivity index (χ3v) is 5.82. The first-order valence-corrected chi connectivity index (χ1v) is 9.37. The van der Waals surface area contributed by atoms with Crippen molar-refractivity contribution in [2.24, 2.45) is 0 Å². The van der Waals surface area contributed by atoms with Crippen molar-refractivity contribution < 1.29 is 14.3 Å². The highest BCUT2D eigenvalue weighted by molar-refractivity contribution is 5.99. The lowest BCUT2D eigenvalue weighted by atomic mass is 10.1. The van der Waals surface area contributed by atoms with E-state index in [1.807, 2.05) is 19.0 Å². The number of carboxylic acids is 1. The van der Waals surface area contributed by atoms with Crippen LogP contribution in [0.4, 0.5) is 15.8 Å². The summed E-state index contributed by atoms with van der Waals surface area (Å²) in [5.41, 5.74) is 5.56. The highest BCUT2D eigenvalue weighted by atomic mass is 35.5. The van der Waals surface area contributed by atoms with Crippen LogP contribution in [0, 0.1) is 5.82 Å². The smallest absolute Gasteiger partial charge is 0.341 e. The van der Waals surface area contributed by atoms with Crippen LogP contribution in [0.15, 0.2) is 17.1 Å². The summed E-state index contributed by atoms with van der Waals surface area (Å²) in [5, 5.41) is 15.8. The maximum atomic E-state index is 15.7. The number of nitrogens with zero attached hydrogens (tertiary/aromatic N) is 2. The number of nitrogen functional groups attached to an aromatic ring is 1. The summed E-state index contributed by atoms with van der Waals surface area (Å²) in [7, 11) is 3.73. The molecule has 1 saturated heterocycles. The molecule has 2 fully saturated rings. The van der Waals surface area contributed by atoms with Gasteiger partial charge in [-0.25, -0.2) is 9.18 Å². The fourth-order valence-corrected chi connectivity index (χ4v) is 4.14. The van der Waals surface area contributed by atoms with Gasteiger partial charge in [0.15, 0.2) is 5.82 Å². The Bertz CT molecular complexity index is 1020. The zero-order valence-electron chi connectivity index (χ0n) is 17.1. The zero-order chi connectivity index (χ0) is 20.2. The number of halogens is 4. The minimum atomic E-state index is -1.33. The minimum Gasteiger partial charge on any atom is -0.477 e. The van der Waals surface area contributed by atoms with Gasteiger partial charge in [0.2, 0.25) is 5.43 Å². The summed E-state index contributed by atoms with van der Waals surface area (Å²) in [6, 6.07) is 1.72. The van der Waals surface area contributed by atoms with Crippen LogP contribution < -0.4 is 26.7 Å². The first-order chi connectivity index (χ1) is 13.4. The van der Waals surface area contributed by atoms with Crippen LogP contribution in [0.2, 0.25) is 0 Å². The highest BCUT2D eigenvalue weighted by Gasteiger charge is 2.34. The van der Waals surface area contributed by atoms with Crippen molar-refractivity contribution in [3.63, 3.8) is 0 Å². The third-order valence-electron chi connectivity index (χ3n) is 5.82. The maximum absolute atomic E-state index is 15.7. The summed E-state index contributed by atoms with van der Waals surface area (Å²) in [4.78, 5) is 26.1. The van der Waals surface area contributed by atoms with Crippen molar-refractivity contribution in [2.75, 3.05) is 37.8 Å². The fraction of sp³-hybridized carbons (Fsp3) is 0.474. The van der Waals surface area contributed by atoms with Crippen LogP contribution in [0.25, 0.3) is 10.9 Å². The number of benzene rings is 1. The van der Waals surface area contributed by atoms with Gasteiger partial charge >= 0.3 is 5.97 Å². The van der Waals surface area contributed by atoms with Crippen LogP contribution in [-0.4, -0.2) is 54.9 Å². The average Bonchev–Trinajstić information content (AvgIpc) is 3.42. The van der Waals surface area contributed by atoms with Crippen molar-refractivity contribution in [3.8, 4) is 0 Å². The van der Waals surface area contributed by atoms with Crippen LogP contribution in [-0.2, 0) is 0 Å². The number of carboxylic acid groups (broad SMARTS) is 1. The molecule has 174 valence electrons. The van der Waals surface area contributed by atoms with Gasteiger partial charge in [0.1, 0.15) is 5.56 Å². The Morgan fingerprint density at radius 2 is 1.71 bits per heavy atom. The van der Waals surface area contributed by atoms with Gasteiger partial charge in [-0.2, -0.15) is 0 Å². The minimum absolute atomic E-state index is 0. The van der Waals surface area contributed by atoms with Crippen molar-refractivity contribution in [1.82, 2.24) is 15.2 Å². The van der Waals surface area contributed by atoms with E-state index < -0.39 is 17.2 Å². The van der Waals surface area contributed by atoms with Crippen molar-refractivity contribution in [3.05, 3.63) is 33.9 Å². The fourth-order valence-electron chi connectivity index (χ4n) is 4.14. The maximum Gasteiger partial charge on any atom is 0.341 e. The van der Waals surface area contributed by atoms with Crippen molar-refractivity contribution in [2.45, 2.75) is 31.0 Å². The number of fused-ring (bicyclic) bond motifs is 1. The number of aromatic carboxylic acids is 1. The number of likely N-dealkylation sites (N-methyl/N-ethyl adjacent to an activating group) is 2. The number of nitrogens with one attached hydrogen (secondary N) is 2. The van der Waals surface area contributed by atoms with E-state index in [1.165, 1.54) is 12.3 Å². The highest BCUT2D eigenvalue weighted by Crippen LogP contribution is 2.40. The van der Waals surface area contributed by atoms with Gasteiger partial charge in [0.25, 0.3) is 0 Å². The molecular weight excluding hydrogens is 472 g/mol. The first-order valence-electron chi connectivity index (χ1n) is 9.37. The van der Waals surface area contributed by atoms with Gasteiger partial charge in [-0.1, -0.05) is 0 Å². The Morgan fingerprint density at radius 1 is 1.16 bits per heavy atom. The van der Waals surface area contributed by atoms with Gasteiger partial charge in [-0.15, -0.1) is 37.2 Å². The van der Waals surface area contributed by atoms with Crippen LogP contribution >= 0.6 is 37.2 Å². The molecule has 4 rings (SSSR count).